The van der Waals surface area contributed by atoms with Gasteiger partial charge in [-0.1, -0.05) is 6.92 Å². The van der Waals surface area contributed by atoms with Crippen LogP contribution in [0.2, 0.25) is 0 Å². The summed E-state index contributed by atoms with van der Waals surface area (Å²) in [6, 6.07) is 0.206. The zero-order valence-corrected chi connectivity index (χ0v) is 11.3. The first kappa shape index (κ1) is 13.6. The fraction of sp³-hybridized carbons (Fsp3) is 0.615. The summed E-state index contributed by atoms with van der Waals surface area (Å²) in [6.45, 7) is 2.75. The Kier molecular flexibility index (Phi) is 3.87. The Morgan fingerprint density at radius 1 is 1.47 bits per heavy atom. The van der Waals surface area contributed by atoms with Gasteiger partial charge < -0.3 is 10.0 Å². The maximum Gasteiger partial charge on any atom is 0.339 e. The number of carboxylic acid groups (broad SMARTS) is 1. The topological polar surface area (TPSA) is 75.4 Å². The highest BCUT2D eigenvalue weighted by Crippen LogP contribution is 2.22. The molecule has 2 heterocycles. The Morgan fingerprint density at radius 3 is 2.84 bits per heavy atom. The van der Waals surface area contributed by atoms with Crippen molar-refractivity contribution in [1.82, 2.24) is 14.7 Å². The third-order valence-corrected chi connectivity index (χ3v) is 3.73. The van der Waals surface area contributed by atoms with E-state index in [0.29, 0.717) is 6.54 Å². The molecule has 0 radical (unpaired) electrons. The van der Waals surface area contributed by atoms with E-state index in [0.717, 1.165) is 25.7 Å². The van der Waals surface area contributed by atoms with Gasteiger partial charge in [0.2, 0.25) is 0 Å². The van der Waals surface area contributed by atoms with Gasteiger partial charge in [-0.2, -0.15) is 5.10 Å². The Morgan fingerprint density at radius 2 is 2.21 bits per heavy atom. The van der Waals surface area contributed by atoms with Gasteiger partial charge in [-0.3, -0.25) is 9.48 Å². The lowest BCUT2D eigenvalue weighted by Crippen LogP contribution is -2.44. The van der Waals surface area contributed by atoms with Crippen LogP contribution in [-0.2, 0) is 7.05 Å². The van der Waals surface area contributed by atoms with Crippen molar-refractivity contribution < 1.29 is 14.7 Å². The summed E-state index contributed by atoms with van der Waals surface area (Å²) >= 11 is 0. The molecule has 1 N–H and O–H groups in total. The molecule has 1 unspecified atom stereocenters. The first-order valence-corrected chi connectivity index (χ1v) is 6.62. The Labute approximate surface area is 112 Å². The SMILES string of the molecule is CCC1CCCCN1C(=O)c1c(C(=O)O)cnn1C. The van der Waals surface area contributed by atoms with Crippen LogP contribution in [0, 0.1) is 0 Å². The zero-order chi connectivity index (χ0) is 14.0. The molecule has 1 amide bonds. The fourth-order valence-corrected chi connectivity index (χ4v) is 2.68. The minimum Gasteiger partial charge on any atom is -0.478 e. The molecule has 1 aliphatic rings. The predicted octanol–water partition coefficient (Wildman–Crippen LogP) is 1.52. The molecule has 0 saturated carbocycles. The van der Waals surface area contributed by atoms with E-state index in [9.17, 15) is 9.59 Å². The molecule has 1 aromatic heterocycles. The van der Waals surface area contributed by atoms with E-state index in [1.807, 2.05) is 0 Å². The van der Waals surface area contributed by atoms with Crippen LogP contribution in [0.4, 0.5) is 0 Å². The average molecular weight is 265 g/mol. The van der Waals surface area contributed by atoms with Crippen molar-refractivity contribution in [2.45, 2.75) is 38.6 Å². The van der Waals surface area contributed by atoms with Crippen molar-refractivity contribution >= 4 is 11.9 Å². The number of likely N-dealkylation sites (tertiary alicyclic amines) is 1. The summed E-state index contributed by atoms with van der Waals surface area (Å²) in [7, 11) is 1.60. The molecule has 1 saturated heterocycles. The van der Waals surface area contributed by atoms with Crippen LogP contribution >= 0.6 is 0 Å². The number of aromatic carboxylic acids is 1. The van der Waals surface area contributed by atoms with Gasteiger partial charge in [0.1, 0.15) is 11.3 Å². The van der Waals surface area contributed by atoms with Crippen molar-refractivity contribution in [3.05, 3.63) is 17.5 Å². The van der Waals surface area contributed by atoms with E-state index in [1.165, 1.54) is 10.9 Å². The molecular weight excluding hydrogens is 246 g/mol. The number of hydrogen-bond acceptors (Lipinski definition) is 3. The molecule has 0 spiro atoms. The van der Waals surface area contributed by atoms with Gasteiger partial charge in [0.25, 0.3) is 5.91 Å². The van der Waals surface area contributed by atoms with Crippen molar-refractivity contribution in [2.24, 2.45) is 7.05 Å². The van der Waals surface area contributed by atoms with Crippen LogP contribution in [0.15, 0.2) is 6.20 Å². The molecule has 104 valence electrons. The molecule has 1 aromatic rings. The van der Waals surface area contributed by atoms with Gasteiger partial charge in [0.05, 0.1) is 6.20 Å². The second-order valence-electron chi connectivity index (χ2n) is 4.89. The van der Waals surface area contributed by atoms with Crippen LogP contribution in [-0.4, -0.2) is 44.3 Å². The van der Waals surface area contributed by atoms with Crippen LogP contribution in [0.25, 0.3) is 0 Å². The average Bonchev–Trinajstić information content (AvgIpc) is 2.80. The molecule has 1 atom stereocenters. The summed E-state index contributed by atoms with van der Waals surface area (Å²) < 4.78 is 1.35. The van der Waals surface area contributed by atoms with Crippen LogP contribution in [0.3, 0.4) is 0 Å². The molecule has 6 heteroatoms. The molecule has 0 aliphatic carbocycles. The second-order valence-corrected chi connectivity index (χ2v) is 4.89. The summed E-state index contributed by atoms with van der Waals surface area (Å²) in [4.78, 5) is 25.5. The summed E-state index contributed by atoms with van der Waals surface area (Å²) in [5.41, 5.74) is 0.153. The minimum atomic E-state index is -1.11. The largest absolute Gasteiger partial charge is 0.478 e. The number of aromatic nitrogens is 2. The van der Waals surface area contributed by atoms with Gasteiger partial charge in [0, 0.05) is 19.6 Å². The number of aryl methyl sites for hydroxylation is 1. The van der Waals surface area contributed by atoms with Gasteiger partial charge in [-0.15, -0.1) is 0 Å². The number of nitrogens with zero attached hydrogens (tertiary/aromatic N) is 3. The standard InChI is InChI=1S/C13H19N3O3/c1-3-9-6-4-5-7-16(9)12(17)11-10(13(18)19)8-14-15(11)2/h8-9H,3-7H2,1-2H3,(H,18,19). The van der Waals surface area contributed by atoms with E-state index in [2.05, 4.69) is 12.0 Å². The van der Waals surface area contributed by atoms with E-state index in [1.54, 1.807) is 11.9 Å². The van der Waals surface area contributed by atoms with E-state index >= 15 is 0 Å². The minimum absolute atomic E-state index is 0.0204. The second kappa shape index (κ2) is 5.42. The summed E-state index contributed by atoms with van der Waals surface area (Å²) in [5, 5.41) is 13.0. The third-order valence-electron chi connectivity index (χ3n) is 3.73. The van der Waals surface area contributed by atoms with Gasteiger partial charge >= 0.3 is 5.97 Å². The lowest BCUT2D eigenvalue weighted by molar-refractivity contribution is 0.0580. The van der Waals surface area contributed by atoms with Crippen molar-refractivity contribution in [3.8, 4) is 0 Å². The van der Waals surface area contributed by atoms with Gasteiger partial charge in [0.15, 0.2) is 0 Å². The van der Waals surface area contributed by atoms with Crippen molar-refractivity contribution in [3.63, 3.8) is 0 Å². The Hall–Kier alpha value is -1.85. The molecule has 19 heavy (non-hydrogen) atoms. The van der Waals surface area contributed by atoms with Crippen LogP contribution < -0.4 is 0 Å². The third kappa shape index (κ3) is 2.47. The normalized spacial score (nSPS) is 19.5. The predicted molar refractivity (Wildman–Crippen MR) is 69.1 cm³/mol. The number of carbonyl (C=O) groups excluding carboxylic acids is 1. The smallest absolute Gasteiger partial charge is 0.339 e. The number of amides is 1. The Bertz CT molecular complexity index is 495. The van der Waals surface area contributed by atoms with E-state index in [4.69, 9.17) is 5.11 Å². The maximum atomic E-state index is 12.6. The van der Waals surface area contributed by atoms with E-state index < -0.39 is 5.97 Å². The molecule has 0 bridgehead atoms. The van der Waals surface area contributed by atoms with Crippen LogP contribution in [0.1, 0.15) is 53.5 Å². The number of hydrogen-bond donors (Lipinski definition) is 1. The first-order valence-electron chi connectivity index (χ1n) is 6.62. The van der Waals surface area contributed by atoms with Crippen molar-refractivity contribution in [2.75, 3.05) is 6.54 Å². The monoisotopic (exact) mass is 265 g/mol. The quantitative estimate of drug-likeness (QED) is 0.899. The number of carboxylic acids is 1. The fourth-order valence-electron chi connectivity index (χ4n) is 2.68. The molecule has 2 rings (SSSR count). The Balaban J connectivity index is 2.33. The van der Waals surface area contributed by atoms with Gasteiger partial charge in [-0.25, -0.2) is 4.79 Å². The van der Waals surface area contributed by atoms with Crippen molar-refractivity contribution in [1.29, 1.82) is 0 Å². The van der Waals surface area contributed by atoms with Gasteiger partial charge in [-0.05, 0) is 25.7 Å². The molecular formula is C13H19N3O3. The molecule has 0 aromatic carbocycles. The molecule has 6 nitrogen and oxygen atoms in total. The first-order chi connectivity index (χ1) is 9.06. The molecule has 1 fully saturated rings. The highest BCUT2D eigenvalue weighted by atomic mass is 16.4. The number of carbonyl (C=O) groups is 2. The lowest BCUT2D eigenvalue weighted by atomic mass is 9.99. The number of piperidine rings is 1. The zero-order valence-electron chi connectivity index (χ0n) is 11.3. The maximum absolute atomic E-state index is 12.6. The van der Waals surface area contributed by atoms with Crippen LogP contribution in [0.5, 0.6) is 0 Å². The lowest BCUT2D eigenvalue weighted by Gasteiger charge is -2.35. The van der Waals surface area contributed by atoms with E-state index in [-0.39, 0.29) is 23.2 Å². The highest BCUT2D eigenvalue weighted by Gasteiger charge is 2.31. The number of rotatable bonds is 3. The highest BCUT2D eigenvalue weighted by molar-refractivity contribution is 6.03. The summed E-state index contributed by atoms with van der Waals surface area (Å²) in [6.07, 6.45) is 5.22. The summed E-state index contributed by atoms with van der Waals surface area (Å²) in [5.74, 6) is -1.33. The molecule has 1 aliphatic heterocycles.